The number of nitrogen functional groups attached to an aromatic ring is 1. The summed E-state index contributed by atoms with van der Waals surface area (Å²) >= 11 is 6.21. The van der Waals surface area contributed by atoms with E-state index in [1.165, 1.54) is 12.8 Å². The van der Waals surface area contributed by atoms with Gasteiger partial charge in [-0.2, -0.15) is 0 Å². The van der Waals surface area contributed by atoms with Crippen molar-refractivity contribution >= 4 is 17.3 Å². The zero-order valence-corrected chi connectivity index (χ0v) is 12.5. The van der Waals surface area contributed by atoms with E-state index in [1.54, 1.807) is 16.8 Å². The van der Waals surface area contributed by atoms with Gasteiger partial charge in [0.15, 0.2) is 5.82 Å². The SMILES string of the molecule is Nc1ccc(-c2nnnn2CCOC2CCCC2)c(Cl)c1. The highest BCUT2D eigenvalue weighted by atomic mass is 35.5. The molecule has 0 aliphatic heterocycles. The third-order valence-corrected chi connectivity index (χ3v) is 4.04. The molecule has 1 aliphatic rings. The predicted octanol–water partition coefficient (Wildman–Crippen LogP) is 2.53. The lowest BCUT2D eigenvalue weighted by Gasteiger charge is -2.11. The van der Waals surface area contributed by atoms with E-state index in [4.69, 9.17) is 22.1 Å². The Kier molecular flexibility index (Phi) is 4.36. The molecule has 7 heteroatoms. The normalized spacial score (nSPS) is 15.7. The van der Waals surface area contributed by atoms with Crippen LogP contribution in [0.4, 0.5) is 5.69 Å². The Morgan fingerprint density at radius 3 is 2.90 bits per heavy atom. The maximum atomic E-state index is 6.21. The summed E-state index contributed by atoms with van der Waals surface area (Å²) < 4.78 is 7.56. The van der Waals surface area contributed by atoms with Crippen LogP contribution in [0.15, 0.2) is 18.2 Å². The van der Waals surface area contributed by atoms with Crippen molar-refractivity contribution in [3.8, 4) is 11.4 Å². The van der Waals surface area contributed by atoms with E-state index in [1.807, 2.05) is 6.07 Å². The minimum atomic E-state index is 0.394. The monoisotopic (exact) mass is 307 g/mol. The Hall–Kier alpha value is -1.66. The van der Waals surface area contributed by atoms with Crippen molar-refractivity contribution in [2.45, 2.75) is 38.3 Å². The fraction of sp³-hybridized carbons (Fsp3) is 0.500. The first-order chi connectivity index (χ1) is 10.2. The maximum Gasteiger partial charge on any atom is 0.183 e. The number of nitrogens with zero attached hydrogens (tertiary/aromatic N) is 4. The summed E-state index contributed by atoms with van der Waals surface area (Å²) in [6, 6.07) is 5.32. The third-order valence-electron chi connectivity index (χ3n) is 3.72. The number of benzene rings is 1. The maximum absolute atomic E-state index is 6.21. The molecule has 1 aliphatic carbocycles. The molecule has 0 radical (unpaired) electrons. The van der Waals surface area contributed by atoms with Gasteiger partial charge in [-0.25, -0.2) is 4.68 Å². The first-order valence-corrected chi connectivity index (χ1v) is 7.55. The zero-order chi connectivity index (χ0) is 14.7. The summed E-state index contributed by atoms with van der Waals surface area (Å²) in [5, 5.41) is 12.3. The smallest absolute Gasteiger partial charge is 0.183 e. The molecular formula is C14H18ClN5O. The van der Waals surface area contributed by atoms with Crippen molar-refractivity contribution in [3.05, 3.63) is 23.2 Å². The van der Waals surface area contributed by atoms with Gasteiger partial charge in [-0.15, -0.1) is 5.10 Å². The van der Waals surface area contributed by atoms with Gasteiger partial charge in [0.2, 0.25) is 0 Å². The van der Waals surface area contributed by atoms with E-state index in [2.05, 4.69) is 15.5 Å². The van der Waals surface area contributed by atoms with Crippen molar-refractivity contribution in [2.75, 3.05) is 12.3 Å². The largest absolute Gasteiger partial charge is 0.399 e. The zero-order valence-electron chi connectivity index (χ0n) is 11.7. The quantitative estimate of drug-likeness (QED) is 0.859. The molecule has 1 aromatic heterocycles. The molecule has 0 unspecified atom stereocenters. The fourth-order valence-corrected chi connectivity index (χ4v) is 2.90. The number of rotatable bonds is 5. The van der Waals surface area contributed by atoms with Gasteiger partial charge in [0.1, 0.15) is 0 Å². The van der Waals surface area contributed by atoms with Gasteiger partial charge in [0.05, 0.1) is 24.3 Å². The number of halogens is 1. The number of aromatic nitrogens is 4. The second kappa shape index (κ2) is 6.41. The number of anilines is 1. The van der Waals surface area contributed by atoms with E-state index in [-0.39, 0.29) is 0 Å². The van der Waals surface area contributed by atoms with Crippen LogP contribution in [-0.2, 0) is 11.3 Å². The van der Waals surface area contributed by atoms with Crippen LogP contribution < -0.4 is 5.73 Å². The van der Waals surface area contributed by atoms with Gasteiger partial charge >= 0.3 is 0 Å². The number of tetrazole rings is 1. The number of hydrogen-bond donors (Lipinski definition) is 1. The third kappa shape index (κ3) is 3.33. The summed E-state index contributed by atoms with van der Waals surface area (Å²) in [6.45, 7) is 1.22. The van der Waals surface area contributed by atoms with Crippen LogP contribution >= 0.6 is 11.6 Å². The summed E-state index contributed by atoms with van der Waals surface area (Å²) in [5.41, 5.74) is 7.10. The molecule has 21 heavy (non-hydrogen) atoms. The molecule has 1 saturated carbocycles. The average molecular weight is 308 g/mol. The van der Waals surface area contributed by atoms with Crippen LogP contribution in [0.5, 0.6) is 0 Å². The average Bonchev–Trinajstić information content (AvgIpc) is 3.11. The molecule has 0 saturated heterocycles. The van der Waals surface area contributed by atoms with E-state index in [0.717, 1.165) is 18.4 Å². The Morgan fingerprint density at radius 1 is 1.33 bits per heavy atom. The molecule has 2 N–H and O–H groups in total. The van der Waals surface area contributed by atoms with E-state index >= 15 is 0 Å². The predicted molar refractivity (Wildman–Crippen MR) is 80.9 cm³/mol. The molecule has 1 fully saturated rings. The molecule has 1 heterocycles. The highest BCUT2D eigenvalue weighted by Crippen LogP contribution is 2.27. The van der Waals surface area contributed by atoms with Gasteiger partial charge in [-0.05, 0) is 41.5 Å². The lowest BCUT2D eigenvalue weighted by Crippen LogP contribution is -2.14. The van der Waals surface area contributed by atoms with Crippen LogP contribution in [0, 0.1) is 0 Å². The van der Waals surface area contributed by atoms with Crippen LogP contribution in [0.1, 0.15) is 25.7 Å². The van der Waals surface area contributed by atoms with Crippen LogP contribution in [-0.4, -0.2) is 32.9 Å². The highest BCUT2D eigenvalue weighted by molar-refractivity contribution is 6.33. The van der Waals surface area contributed by atoms with E-state index < -0.39 is 0 Å². The van der Waals surface area contributed by atoms with Gasteiger partial charge in [0.25, 0.3) is 0 Å². The minimum Gasteiger partial charge on any atom is -0.399 e. The molecule has 3 rings (SSSR count). The highest BCUT2D eigenvalue weighted by Gasteiger charge is 2.16. The minimum absolute atomic E-state index is 0.394. The molecule has 0 amide bonds. The Balaban J connectivity index is 1.68. The molecule has 0 atom stereocenters. The van der Waals surface area contributed by atoms with E-state index in [0.29, 0.717) is 35.8 Å². The molecular weight excluding hydrogens is 290 g/mol. The second-order valence-corrected chi connectivity index (χ2v) is 5.65. The summed E-state index contributed by atoms with van der Waals surface area (Å²) in [4.78, 5) is 0. The molecule has 112 valence electrons. The van der Waals surface area contributed by atoms with Crippen molar-refractivity contribution in [1.29, 1.82) is 0 Å². The van der Waals surface area contributed by atoms with Crippen molar-refractivity contribution in [1.82, 2.24) is 20.2 Å². The fourth-order valence-electron chi connectivity index (χ4n) is 2.62. The standard InChI is InChI=1S/C14H18ClN5O/c15-13-9-10(16)5-6-12(13)14-17-18-19-20(14)7-8-21-11-3-1-2-4-11/h5-6,9,11H,1-4,7-8,16H2. The lowest BCUT2D eigenvalue weighted by atomic mass is 10.2. The molecule has 1 aromatic carbocycles. The van der Waals surface area contributed by atoms with Crippen molar-refractivity contribution < 1.29 is 4.74 Å². The molecule has 0 bridgehead atoms. The Bertz CT molecular complexity index is 609. The van der Waals surface area contributed by atoms with Crippen LogP contribution in [0.25, 0.3) is 11.4 Å². The van der Waals surface area contributed by atoms with Gasteiger partial charge in [-0.1, -0.05) is 24.4 Å². The number of nitrogens with two attached hydrogens (primary N) is 1. The molecule has 6 nitrogen and oxygen atoms in total. The van der Waals surface area contributed by atoms with Crippen LogP contribution in [0.3, 0.4) is 0 Å². The Morgan fingerprint density at radius 2 is 2.14 bits per heavy atom. The first-order valence-electron chi connectivity index (χ1n) is 7.17. The summed E-state index contributed by atoms with van der Waals surface area (Å²) in [7, 11) is 0. The van der Waals surface area contributed by atoms with E-state index in [9.17, 15) is 0 Å². The summed E-state index contributed by atoms with van der Waals surface area (Å²) in [6.07, 6.45) is 5.24. The topological polar surface area (TPSA) is 78.9 Å². The first kappa shape index (κ1) is 14.3. The molecule has 2 aromatic rings. The number of ether oxygens (including phenoxy) is 1. The molecule has 0 spiro atoms. The lowest BCUT2D eigenvalue weighted by molar-refractivity contribution is 0.0514. The van der Waals surface area contributed by atoms with Gasteiger partial charge in [0, 0.05) is 11.3 Å². The van der Waals surface area contributed by atoms with Crippen molar-refractivity contribution in [2.24, 2.45) is 0 Å². The Labute approximate surface area is 128 Å². The van der Waals surface area contributed by atoms with Gasteiger partial charge in [-0.3, -0.25) is 0 Å². The second-order valence-electron chi connectivity index (χ2n) is 5.24. The number of hydrogen-bond acceptors (Lipinski definition) is 5. The van der Waals surface area contributed by atoms with Crippen LogP contribution in [0.2, 0.25) is 5.02 Å². The summed E-state index contributed by atoms with van der Waals surface area (Å²) in [5.74, 6) is 0.634. The van der Waals surface area contributed by atoms with Crippen molar-refractivity contribution in [3.63, 3.8) is 0 Å². The van der Waals surface area contributed by atoms with Gasteiger partial charge < -0.3 is 10.5 Å².